The molecule has 0 unspecified atom stereocenters. The Morgan fingerprint density at radius 3 is 1.57 bits per heavy atom. The van der Waals surface area contributed by atoms with Gasteiger partial charge in [0.2, 0.25) is 0 Å². The minimum atomic E-state index is -0.0113. The van der Waals surface area contributed by atoms with Crippen LogP contribution < -0.4 is 11.4 Å². The number of nitrogens with zero attached hydrogens (tertiary/aromatic N) is 4. The Morgan fingerprint density at radius 2 is 1.17 bits per heavy atom. The maximum Gasteiger partial charge on any atom is 0.332 e. The van der Waals surface area contributed by atoms with Crippen LogP contribution >= 0.6 is 0 Å². The number of allylic oxidation sites excluding steroid dienone is 2. The maximum atomic E-state index is 12.0. The van der Waals surface area contributed by atoms with Crippen molar-refractivity contribution in [2.45, 2.75) is 46.2 Å². The lowest BCUT2D eigenvalue weighted by molar-refractivity contribution is 0.531. The zero-order chi connectivity index (χ0) is 16.7. The van der Waals surface area contributed by atoms with Crippen LogP contribution in [0.25, 0.3) is 12.4 Å². The van der Waals surface area contributed by atoms with Crippen molar-refractivity contribution in [3.8, 4) is 0 Å². The molecular formula is C17H24N4O2. The van der Waals surface area contributed by atoms with Crippen LogP contribution in [0, 0.1) is 0 Å². The Morgan fingerprint density at radius 1 is 0.739 bits per heavy atom. The van der Waals surface area contributed by atoms with E-state index in [1.807, 2.05) is 38.4 Å². The summed E-state index contributed by atoms with van der Waals surface area (Å²) in [7, 11) is 0. The van der Waals surface area contributed by atoms with Gasteiger partial charge < -0.3 is 0 Å². The third-order valence-corrected chi connectivity index (χ3v) is 3.66. The van der Waals surface area contributed by atoms with Gasteiger partial charge in [-0.1, -0.05) is 12.2 Å². The average Bonchev–Trinajstić information content (AvgIpc) is 3.06. The van der Waals surface area contributed by atoms with E-state index >= 15 is 0 Å². The molecule has 0 aliphatic rings. The Labute approximate surface area is 135 Å². The molecule has 0 N–H and O–H groups in total. The average molecular weight is 316 g/mol. The van der Waals surface area contributed by atoms with E-state index < -0.39 is 0 Å². The molecule has 0 atom stereocenters. The zero-order valence-electron chi connectivity index (χ0n) is 13.8. The van der Waals surface area contributed by atoms with Crippen LogP contribution in [0.4, 0.5) is 0 Å². The Hall–Kier alpha value is -2.50. The van der Waals surface area contributed by atoms with E-state index in [9.17, 15) is 9.59 Å². The van der Waals surface area contributed by atoms with Gasteiger partial charge in [0, 0.05) is 50.3 Å². The van der Waals surface area contributed by atoms with Crippen LogP contribution in [-0.2, 0) is 13.1 Å². The number of imidazole rings is 2. The number of aryl methyl sites for hydroxylation is 2. The van der Waals surface area contributed by atoms with Gasteiger partial charge >= 0.3 is 11.4 Å². The largest absolute Gasteiger partial charge is 0.332 e. The molecule has 23 heavy (non-hydrogen) atoms. The Balaban J connectivity index is 1.78. The molecule has 2 aromatic rings. The molecule has 6 heteroatoms. The Bertz CT molecular complexity index is 720. The first-order valence-electron chi connectivity index (χ1n) is 7.97. The van der Waals surface area contributed by atoms with Gasteiger partial charge in [-0.25, -0.2) is 9.59 Å². The van der Waals surface area contributed by atoms with Gasteiger partial charge in [0.25, 0.3) is 0 Å². The molecule has 2 rings (SSSR count). The Kier molecular flexibility index (Phi) is 6.02. The summed E-state index contributed by atoms with van der Waals surface area (Å²) < 4.78 is 6.58. The van der Waals surface area contributed by atoms with E-state index in [2.05, 4.69) is 0 Å². The van der Waals surface area contributed by atoms with Crippen LogP contribution in [0.15, 0.2) is 46.5 Å². The van der Waals surface area contributed by atoms with Crippen molar-refractivity contribution in [2.75, 3.05) is 0 Å². The van der Waals surface area contributed by atoms with Gasteiger partial charge in [-0.2, -0.15) is 0 Å². The normalized spacial score (nSPS) is 11.9. The van der Waals surface area contributed by atoms with E-state index in [-0.39, 0.29) is 11.4 Å². The van der Waals surface area contributed by atoms with Crippen molar-refractivity contribution < 1.29 is 0 Å². The van der Waals surface area contributed by atoms with Crippen molar-refractivity contribution in [1.82, 2.24) is 18.3 Å². The minimum Gasteiger partial charge on any atom is -0.299 e. The van der Waals surface area contributed by atoms with Crippen LogP contribution in [0.2, 0.25) is 0 Å². The first-order chi connectivity index (χ1) is 11.2. The van der Waals surface area contributed by atoms with Gasteiger partial charge in [0.1, 0.15) is 0 Å². The predicted octanol–water partition coefficient (Wildman–Crippen LogP) is 2.46. The molecule has 2 heterocycles. The second kappa shape index (κ2) is 8.22. The highest BCUT2D eigenvalue weighted by atomic mass is 16.2. The van der Waals surface area contributed by atoms with Crippen LogP contribution in [0.3, 0.4) is 0 Å². The molecule has 0 saturated carbocycles. The first kappa shape index (κ1) is 16.9. The summed E-state index contributed by atoms with van der Waals surface area (Å²) in [5, 5.41) is 0. The highest BCUT2D eigenvalue weighted by Crippen LogP contribution is 2.01. The summed E-state index contributed by atoms with van der Waals surface area (Å²) in [6, 6.07) is 0. The van der Waals surface area contributed by atoms with E-state index in [0.29, 0.717) is 13.1 Å². The molecule has 0 bridgehead atoms. The fourth-order valence-electron chi connectivity index (χ4n) is 2.49. The maximum absolute atomic E-state index is 12.0. The molecule has 0 radical (unpaired) electrons. The van der Waals surface area contributed by atoms with E-state index in [1.54, 1.807) is 43.1 Å². The molecule has 0 saturated heterocycles. The molecule has 0 aromatic carbocycles. The molecule has 2 aromatic heterocycles. The quantitative estimate of drug-likeness (QED) is 0.703. The summed E-state index contributed by atoms with van der Waals surface area (Å²) in [6.45, 7) is 5.18. The van der Waals surface area contributed by atoms with Crippen LogP contribution in [-0.4, -0.2) is 18.3 Å². The van der Waals surface area contributed by atoms with Gasteiger partial charge in [-0.15, -0.1) is 0 Å². The highest BCUT2D eigenvalue weighted by Gasteiger charge is 2.02. The molecule has 6 nitrogen and oxygen atoms in total. The summed E-state index contributed by atoms with van der Waals surface area (Å²) in [5.41, 5.74) is -0.0227. The van der Waals surface area contributed by atoms with Crippen molar-refractivity contribution in [1.29, 1.82) is 0 Å². The topological polar surface area (TPSA) is 53.9 Å². The lowest BCUT2D eigenvalue weighted by Gasteiger charge is -2.03. The zero-order valence-corrected chi connectivity index (χ0v) is 13.8. The van der Waals surface area contributed by atoms with E-state index in [1.165, 1.54) is 0 Å². The van der Waals surface area contributed by atoms with Gasteiger partial charge in [0.15, 0.2) is 0 Å². The van der Waals surface area contributed by atoms with Crippen LogP contribution in [0.5, 0.6) is 0 Å². The van der Waals surface area contributed by atoms with E-state index in [0.717, 1.165) is 19.3 Å². The van der Waals surface area contributed by atoms with Crippen molar-refractivity contribution >= 4 is 12.4 Å². The lowest BCUT2D eigenvalue weighted by Crippen LogP contribution is -2.22. The highest BCUT2D eigenvalue weighted by molar-refractivity contribution is 5.20. The first-order valence-corrected chi connectivity index (χ1v) is 7.97. The monoisotopic (exact) mass is 316 g/mol. The second-order valence-corrected chi connectivity index (χ2v) is 5.39. The summed E-state index contributed by atoms with van der Waals surface area (Å²) in [4.78, 5) is 23.9. The number of aromatic nitrogens is 4. The van der Waals surface area contributed by atoms with Crippen molar-refractivity contribution in [3.05, 3.63) is 57.9 Å². The molecule has 0 spiro atoms. The second-order valence-electron chi connectivity index (χ2n) is 5.39. The fourth-order valence-corrected chi connectivity index (χ4v) is 2.49. The molecule has 124 valence electrons. The molecule has 0 aliphatic heterocycles. The van der Waals surface area contributed by atoms with Gasteiger partial charge in [-0.3, -0.25) is 18.3 Å². The molecule has 0 amide bonds. The fraction of sp³-hybridized carbons (Fsp3) is 0.412. The van der Waals surface area contributed by atoms with Crippen LogP contribution in [0.1, 0.15) is 33.1 Å². The van der Waals surface area contributed by atoms with E-state index in [4.69, 9.17) is 0 Å². The number of hydrogen-bond donors (Lipinski definition) is 0. The number of unbranched alkanes of at least 4 members (excludes halogenated alkanes) is 2. The third-order valence-electron chi connectivity index (χ3n) is 3.66. The standard InChI is InChI=1S/C17H24N4O2/c1-3-8-18-12-14-20(16(18)22)10-6-5-7-11-21-15-13-19(9-4-2)17(21)23/h3-4,8-9,12-15H,5-7,10-11H2,1-2H3/b8-3-,9-4+. The van der Waals surface area contributed by atoms with Gasteiger partial charge in [-0.05, 0) is 33.1 Å². The molecule has 0 fully saturated rings. The lowest BCUT2D eigenvalue weighted by atomic mass is 10.2. The SMILES string of the molecule is C/C=C\n1ccn(CCCCCn2ccn(/C=C/C)c2=O)c1=O. The third kappa shape index (κ3) is 4.25. The predicted molar refractivity (Wildman–Crippen MR) is 93.2 cm³/mol. The number of hydrogen-bond acceptors (Lipinski definition) is 2. The van der Waals surface area contributed by atoms with Crippen molar-refractivity contribution in [2.24, 2.45) is 0 Å². The smallest absolute Gasteiger partial charge is 0.299 e. The molecular weight excluding hydrogens is 292 g/mol. The summed E-state index contributed by atoms with van der Waals surface area (Å²) in [5.74, 6) is 0. The number of rotatable bonds is 8. The summed E-state index contributed by atoms with van der Waals surface area (Å²) in [6.07, 6.45) is 17.1. The van der Waals surface area contributed by atoms with Gasteiger partial charge in [0.05, 0.1) is 0 Å². The summed E-state index contributed by atoms with van der Waals surface area (Å²) >= 11 is 0. The minimum absolute atomic E-state index is 0.0113. The molecule has 0 aliphatic carbocycles. The van der Waals surface area contributed by atoms with Crippen molar-refractivity contribution in [3.63, 3.8) is 0 Å².